The molecule has 100 valence electrons. The van der Waals surface area contributed by atoms with Crippen LogP contribution in [0, 0.1) is 6.92 Å². The second-order valence-corrected chi connectivity index (χ2v) is 4.92. The lowest BCUT2D eigenvalue weighted by atomic mass is 9.94. The summed E-state index contributed by atoms with van der Waals surface area (Å²) in [6.07, 6.45) is 3.79. The highest BCUT2D eigenvalue weighted by molar-refractivity contribution is 5.39. The molecule has 1 heterocycles. The van der Waals surface area contributed by atoms with E-state index in [9.17, 15) is 0 Å². The Morgan fingerprint density at radius 3 is 2.83 bits per heavy atom. The molecule has 2 rings (SSSR count). The molecule has 0 aliphatic carbocycles. The fourth-order valence-corrected chi connectivity index (χ4v) is 2.67. The van der Waals surface area contributed by atoms with Gasteiger partial charge < -0.3 is 14.8 Å². The third kappa shape index (κ3) is 2.85. The Morgan fingerprint density at radius 1 is 1.39 bits per heavy atom. The Labute approximate surface area is 109 Å². The van der Waals surface area contributed by atoms with Gasteiger partial charge in [-0.1, -0.05) is 17.7 Å². The van der Waals surface area contributed by atoms with Crippen molar-refractivity contribution in [3.05, 3.63) is 29.3 Å². The summed E-state index contributed by atoms with van der Waals surface area (Å²) >= 11 is 0. The van der Waals surface area contributed by atoms with E-state index in [4.69, 9.17) is 9.47 Å². The summed E-state index contributed by atoms with van der Waals surface area (Å²) in [5.74, 6) is 0.939. The van der Waals surface area contributed by atoms with Crippen molar-refractivity contribution in [1.82, 2.24) is 5.32 Å². The molecule has 1 aromatic carbocycles. The minimum absolute atomic E-state index is 0.208. The molecule has 1 saturated heterocycles. The average Bonchev–Trinajstić information content (AvgIpc) is 2.41. The fourth-order valence-electron chi connectivity index (χ4n) is 2.67. The number of methoxy groups -OCH3 is 1. The van der Waals surface area contributed by atoms with Crippen molar-refractivity contribution in [3.63, 3.8) is 0 Å². The van der Waals surface area contributed by atoms with E-state index in [0.717, 1.165) is 18.8 Å². The fraction of sp³-hybridized carbons (Fsp3) is 0.600. The molecule has 1 aromatic rings. The monoisotopic (exact) mass is 249 g/mol. The van der Waals surface area contributed by atoms with Gasteiger partial charge in [0.25, 0.3) is 0 Å². The molecule has 3 nitrogen and oxygen atoms in total. The van der Waals surface area contributed by atoms with Crippen LogP contribution in [0.4, 0.5) is 0 Å². The summed E-state index contributed by atoms with van der Waals surface area (Å²) in [6.45, 7) is 2.98. The molecular formula is C15H23NO2. The Balaban J connectivity index is 2.27. The molecule has 1 N–H and O–H groups in total. The van der Waals surface area contributed by atoms with Gasteiger partial charge in [-0.15, -0.1) is 0 Å². The van der Waals surface area contributed by atoms with E-state index in [-0.39, 0.29) is 12.1 Å². The molecule has 0 saturated carbocycles. The van der Waals surface area contributed by atoms with Crippen molar-refractivity contribution in [1.29, 1.82) is 0 Å². The van der Waals surface area contributed by atoms with Gasteiger partial charge in [-0.25, -0.2) is 0 Å². The molecule has 3 heteroatoms. The van der Waals surface area contributed by atoms with Crippen molar-refractivity contribution < 1.29 is 9.47 Å². The first kappa shape index (κ1) is 13.4. The van der Waals surface area contributed by atoms with E-state index in [2.05, 4.69) is 24.4 Å². The molecule has 2 atom stereocenters. The van der Waals surface area contributed by atoms with Crippen molar-refractivity contribution in [3.8, 4) is 5.75 Å². The first-order valence-corrected chi connectivity index (χ1v) is 6.69. The summed E-state index contributed by atoms with van der Waals surface area (Å²) in [5, 5.41) is 3.38. The molecule has 0 spiro atoms. The van der Waals surface area contributed by atoms with Crippen LogP contribution in [0.1, 0.15) is 36.4 Å². The number of ether oxygens (including phenoxy) is 2. The molecule has 0 bridgehead atoms. The van der Waals surface area contributed by atoms with Crippen molar-refractivity contribution >= 4 is 0 Å². The van der Waals surface area contributed by atoms with Crippen LogP contribution in [0.2, 0.25) is 0 Å². The van der Waals surface area contributed by atoms with Gasteiger partial charge >= 0.3 is 0 Å². The largest absolute Gasteiger partial charge is 0.496 e. The zero-order chi connectivity index (χ0) is 13.0. The molecule has 1 fully saturated rings. The van der Waals surface area contributed by atoms with E-state index < -0.39 is 0 Å². The minimum Gasteiger partial charge on any atom is -0.496 e. The van der Waals surface area contributed by atoms with Gasteiger partial charge in [0.15, 0.2) is 0 Å². The number of hydrogen-bond acceptors (Lipinski definition) is 3. The van der Waals surface area contributed by atoms with Gasteiger partial charge in [0.1, 0.15) is 5.75 Å². The molecule has 2 unspecified atom stereocenters. The van der Waals surface area contributed by atoms with E-state index in [0.29, 0.717) is 0 Å². The maximum absolute atomic E-state index is 5.91. The summed E-state index contributed by atoms with van der Waals surface area (Å²) < 4.78 is 11.4. The van der Waals surface area contributed by atoms with Gasteiger partial charge in [-0.2, -0.15) is 0 Å². The molecule has 0 radical (unpaired) electrons. The Kier molecular flexibility index (Phi) is 4.61. The van der Waals surface area contributed by atoms with Crippen LogP contribution in [-0.2, 0) is 4.74 Å². The SMILES string of the molecule is CNC(c1cc(C)ccc1OC)C1CCCCO1. The third-order valence-corrected chi connectivity index (χ3v) is 3.62. The lowest BCUT2D eigenvalue weighted by Crippen LogP contribution is -2.34. The molecule has 1 aliphatic rings. The van der Waals surface area contributed by atoms with Crippen LogP contribution < -0.4 is 10.1 Å². The minimum atomic E-state index is 0.208. The van der Waals surface area contributed by atoms with Crippen LogP contribution in [0.3, 0.4) is 0 Å². The van der Waals surface area contributed by atoms with E-state index in [1.807, 2.05) is 13.1 Å². The zero-order valence-corrected chi connectivity index (χ0v) is 11.5. The first-order chi connectivity index (χ1) is 8.76. The van der Waals surface area contributed by atoms with Crippen LogP contribution in [0.15, 0.2) is 18.2 Å². The van der Waals surface area contributed by atoms with Gasteiger partial charge in [0.05, 0.1) is 19.3 Å². The van der Waals surface area contributed by atoms with E-state index in [1.54, 1.807) is 7.11 Å². The van der Waals surface area contributed by atoms with Crippen molar-refractivity contribution in [2.75, 3.05) is 20.8 Å². The highest BCUT2D eigenvalue weighted by Crippen LogP contribution is 2.32. The highest BCUT2D eigenvalue weighted by Gasteiger charge is 2.26. The van der Waals surface area contributed by atoms with Gasteiger partial charge in [-0.3, -0.25) is 0 Å². The second-order valence-electron chi connectivity index (χ2n) is 4.92. The van der Waals surface area contributed by atoms with Crippen molar-refractivity contribution in [2.45, 2.75) is 38.3 Å². The highest BCUT2D eigenvalue weighted by atomic mass is 16.5. The summed E-state index contributed by atoms with van der Waals surface area (Å²) in [7, 11) is 3.72. The number of aryl methyl sites for hydroxylation is 1. The predicted molar refractivity (Wildman–Crippen MR) is 73.1 cm³/mol. The zero-order valence-electron chi connectivity index (χ0n) is 11.5. The lowest BCUT2D eigenvalue weighted by Gasteiger charge is -2.31. The summed E-state index contributed by atoms with van der Waals surface area (Å²) in [4.78, 5) is 0. The van der Waals surface area contributed by atoms with E-state index >= 15 is 0 Å². The first-order valence-electron chi connectivity index (χ1n) is 6.69. The standard InChI is InChI=1S/C15H23NO2/c1-11-7-8-13(17-3)12(10-11)15(16-2)14-6-4-5-9-18-14/h7-8,10,14-16H,4-6,9H2,1-3H3. The number of rotatable bonds is 4. The van der Waals surface area contributed by atoms with Crippen LogP contribution in [0.25, 0.3) is 0 Å². The molecule has 0 aromatic heterocycles. The molecule has 1 aliphatic heterocycles. The Morgan fingerprint density at radius 2 is 2.22 bits per heavy atom. The Hall–Kier alpha value is -1.06. The number of nitrogens with one attached hydrogen (secondary N) is 1. The number of benzene rings is 1. The van der Waals surface area contributed by atoms with E-state index in [1.165, 1.54) is 24.0 Å². The predicted octanol–water partition coefficient (Wildman–Crippen LogP) is 2.83. The van der Waals surface area contributed by atoms with Gasteiger partial charge in [0.2, 0.25) is 0 Å². The summed E-state index contributed by atoms with van der Waals surface area (Å²) in [6, 6.07) is 6.52. The van der Waals surface area contributed by atoms with Crippen LogP contribution in [-0.4, -0.2) is 26.9 Å². The molecular weight excluding hydrogens is 226 g/mol. The number of hydrogen-bond donors (Lipinski definition) is 1. The van der Waals surface area contributed by atoms with Gasteiger partial charge in [-0.05, 0) is 39.3 Å². The normalized spacial score (nSPS) is 21.6. The second kappa shape index (κ2) is 6.21. The molecule has 18 heavy (non-hydrogen) atoms. The maximum Gasteiger partial charge on any atom is 0.123 e. The Bertz CT molecular complexity index is 386. The smallest absolute Gasteiger partial charge is 0.123 e. The third-order valence-electron chi connectivity index (χ3n) is 3.62. The van der Waals surface area contributed by atoms with Gasteiger partial charge in [0, 0.05) is 12.2 Å². The molecule has 0 amide bonds. The maximum atomic E-state index is 5.91. The summed E-state index contributed by atoms with van der Waals surface area (Å²) in [5.41, 5.74) is 2.45. The number of likely N-dealkylation sites (N-methyl/N-ethyl adjacent to an activating group) is 1. The quantitative estimate of drug-likeness (QED) is 0.890. The van der Waals surface area contributed by atoms with Crippen LogP contribution >= 0.6 is 0 Å². The van der Waals surface area contributed by atoms with Crippen LogP contribution in [0.5, 0.6) is 5.75 Å². The van der Waals surface area contributed by atoms with Crippen molar-refractivity contribution in [2.24, 2.45) is 0 Å². The topological polar surface area (TPSA) is 30.5 Å². The average molecular weight is 249 g/mol. The lowest BCUT2D eigenvalue weighted by molar-refractivity contribution is -0.00706.